The summed E-state index contributed by atoms with van der Waals surface area (Å²) in [4.78, 5) is 12.4. The molecule has 1 N–H and O–H groups in total. The van der Waals surface area contributed by atoms with Crippen molar-refractivity contribution in [2.75, 3.05) is 20.3 Å². The number of methoxy groups -OCH3 is 1. The van der Waals surface area contributed by atoms with Crippen LogP contribution in [0.15, 0.2) is 24.3 Å². The van der Waals surface area contributed by atoms with Crippen LogP contribution in [0, 0.1) is 13.8 Å². The molecule has 1 amide bonds. The Morgan fingerprint density at radius 1 is 1.35 bits per heavy atom. The first-order chi connectivity index (χ1) is 11.0. The van der Waals surface area contributed by atoms with Gasteiger partial charge in [-0.3, -0.25) is 9.48 Å². The Kier molecular flexibility index (Phi) is 6.19. The summed E-state index contributed by atoms with van der Waals surface area (Å²) in [5.74, 6) is -0.0958. The van der Waals surface area contributed by atoms with Gasteiger partial charge in [0.1, 0.15) is 0 Å². The summed E-state index contributed by atoms with van der Waals surface area (Å²) < 4.78 is 6.80. The number of nitrogens with zero attached hydrogens (tertiary/aromatic N) is 2. The minimum atomic E-state index is -0.0958. The number of amides is 1. The molecule has 5 nitrogen and oxygen atoms in total. The zero-order valence-electron chi connectivity index (χ0n) is 13.7. The van der Waals surface area contributed by atoms with Crippen LogP contribution in [0.2, 0.25) is 5.02 Å². The van der Waals surface area contributed by atoms with Gasteiger partial charge in [-0.2, -0.15) is 5.10 Å². The van der Waals surface area contributed by atoms with Gasteiger partial charge in [-0.25, -0.2) is 0 Å². The number of hydrogen-bond acceptors (Lipinski definition) is 3. The van der Waals surface area contributed by atoms with Crippen molar-refractivity contribution < 1.29 is 9.53 Å². The SMILES string of the molecule is COCCCNC(=O)c1c(C)nn(Cc2ccccc2Cl)c1C. The summed E-state index contributed by atoms with van der Waals surface area (Å²) >= 11 is 6.20. The lowest BCUT2D eigenvalue weighted by atomic mass is 10.1. The van der Waals surface area contributed by atoms with Crippen LogP contribution in [0.4, 0.5) is 0 Å². The molecule has 0 aliphatic heterocycles. The normalized spacial score (nSPS) is 10.8. The number of benzene rings is 1. The van der Waals surface area contributed by atoms with Crippen molar-refractivity contribution in [2.24, 2.45) is 0 Å². The van der Waals surface area contributed by atoms with Gasteiger partial charge in [0.2, 0.25) is 0 Å². The maximum Gasteiger partial charge on any atom is 0.255 e. The number of halogens is 1. The van der Waals surface area contributed by atoms with E-state index in [0.29, 0.717) is 30.3 Å². The second-order valence-electron chi connectivity index (χ2n) is 5.40. The lowest BCUT2D eigenvalue weighted by Gasteiger charge is -2.08. The van der Waals surface area contributed by atoms with Crippen LogP contribution in [-0.4, -0.2) is 35.9 Å². The molecule has 0 saturated carbocycles. The third kappa shape index (κ3) is 4.33. The van der Waals surface area contributed by atoms with Crippen LogP contribution in [0.1, 0.15) is 33.7 Å². The van der Waals surface area contributed by atoms with Crippen molar-refractivity contribution in [3.05, 3.63) is 51.8 Å². The number of ether oxygens (including phenoxy) is 1. The quantitative estimate of drug-likeness (QED) is 0.791. The molecule has 2 rings (SSSR count). The molecule has 0 spiro atoms. The van der Waals surface area contributed by atoms with Gasteiger partial charge in [-0.15, -0.1) is 0 Å². The predicted octanol–water partition coefficient (Wildman–Crippen LogP) is 2.97. The van der Waals surface area contributed by atoms with Crippen LogP contribution in [0.3, 0.4) is 0 Å². The first-order valence-corrected chi connectivity index (χ1v) is 7.97. The third-order valence-electron chi connectivity index (χ3n) is 3.70. The van der Waals surface area contributed by atoms with Gasteiger partial charge < -0.3 is 10.1 Å². The van der Waals surface area contributed by atoms with Crippen LogP contribution >= 0.6 is 11.6 Å². The maximum absolute atomic E-state index is 12.4. The topological polar surface area (TPSA) is 56.1 Å². The van der Waals surface area contributed by atoms with Crippen LogP contribution in [0.25, 0.3) is 0 Å². The van der Waals surface area contributed by atoms with E-state index in [4.69, 9.17) is 16.3 Å². The average Bonchev–Trinajstić information content (AvgIpc) is 2.80. The Morgan fingerprint density at radius 2 is 2.09 bits per heavy atom. The molecule has 23 heavy (non-hydrogen) atoms. The predicted molar refractivity (Wildman–Crippen MR) is 91.1 cm³/mol. The largest absolute Gasteiger partial charge is 0.385 e. The molecule has 2 aromatic rings. The number of aromatic nitrogens is 2. The van der Waals surface area contributed by atoms with Crippen LogP contribution < -0.4 is 5.32 Å². The van der Waals surface area contributed by atoms with Gasteiger partial charge in [-0.1, -0.05) is 29.8 Å². The average molecular weight is 336 g/mol. The van der Waals surface area contributed by atoms with E-state index in [2.05, 4.69) is 10.4 Å². The van der Waals surface area contributed by atoms with Crippen molar-refractivity contribution in [1.29, 1.82) is 0 Å². The van der Waals surface area contributed by atoms with Gasteiger partial charge in [-0.05, 0) is 31.9 Å². The first kappa shape index (κ1) is 17.5. The van der Waals surface area contributed by atoms with E-state index in [1.54, 1.807) is 7.11 Å². The molecule has 6 heteroatoms. The minimum absolute atomic E-state index is 0.0958. The zero-order chi connectivity index (χ0) is 16.8. The smallest absolute Gasteiger partial charge is 0.255 e. The Hall–Kier alpha value is -1.85. The molecule has 1 aromatic heterocycles. The van der Waals surface area contributed by atoms with E-state index in [0.717, 1.165) is 23.4 Å². The number of aryl methyl sites for hydroxylation is 1. The maximum atomic E-state index is 12.4. The number of carbonyl (C=O) groups excluding carboxylic acids is 1. The summed E-state index contributed by atoms with van der Waals surface area (Å²) in [5, 5.41) is 8.09. The van der Waals surface area contributed by atoms with E-state index in [1.807, 2.05) is 42.8 Å². The van der Waals surface area contributed by atoms with E-state index >= 15 is 0 Å². The molecule has 0 bridgehead atoms. The van der Waals surface area contributed by atoms with Gasteiger partial charge in [0.15, 0.2) is 0 Å². The molecule has 0 saturated heterocycles. The van der Waals surface area contributed by atoms with Crippen molar-refractivity contribution in [3.63, 3.8) is 0 Å². The molecule has 0 fully saturated rings. The summed E-state index contributed by atoms with van der Waals surface area (Å²) in [7, 11) is 1.65. The molecule has 1 heterocycles. The molecule has 0 aliphatic rings. The Labute approximate surface area is 141 Å². The zero-order valence-corrected chi connectivity index (χ0v) is 14.5. The highest BCUT2D eigenvalue weighted by Crippen LogP contribution is 2.19. The van der Waals surface area contributed by atoms with E-state index < -0.39 is 0 Å². The fourth-order valence-corrected chi connectivity index (χ4v) is 2.67. The van der Waals surface area contributed by atoms with Gasteiger partial charge >= 0.3 is 0 Å². The standard InChI is InChI=1S/C17H22ClN3O2/c1-12-16(17(22)19-9-6-10-23-3)13(2)21(20-12)11-14-7-4-5-8-15(14)18/h4-5,7-8H,6,9-11H2,1-3H3,(H,19,22). The number of rotatable bonds is 7. The van der Waals surface area contributed by atoms with Crippen molar-refractivity contribution in [3.8, 4) is 0 Å². The Bertz CT molecular complexity index is 682. The summed E-state index contributed by atoms with van der Waals surface area (Å²) in [5.41, 5.74) is 3.17. The van der Waals surface area contributed by atoms with Crippen LogP contribution in [0.5, 0.6) is 0 Å². The van der Waals surface area contributed by atoms with E-state index in [9.17, 15) is 4.79 Å². The second-order valence-corrected chi connectivity index (χ2v) is 5.80. The second kappa shape index (κ2) is 8.13. The molecule has 0 unspecified atom stereocenters. The summed E-state index contributed by atoms with van der Waals surface area (Å²) in [6.07, 6.45) is 0.786. The lowest BCUT2D eigenvalue weighted by molar-refractivity contribution is 0.0947. The van der Waals surface area contributed by atoms with Crippen molar-refractivity contribution >= 4 is 17.5 Å². The highest BCUT2D eigenvalue weighted by atomic mass is 35.5. The molecule has 1 aromatic carbocycles. The van der Waals surface area contributed by atoms with E-state index in [1.165, 1.54) is 0 Å². The van der Waals surface area contributed by atoms with E-state index in [-0.39, 0.29) is 5.91 Å². The fraction of sp³-hybridized carbons (Fsp3) is 0.412. The highest BCUT2D eigenvalue weighted by Gasteiger charge is 2.18. The molecular weight excluding hydrogens is 314 g/mol. The molecular formula is C17H22ClN3O2. The number of nitrogens with one attached hydrogen (secondary N) is 1. The van der Waals surface area contributed by atoms with Gasteiger partial charge in [0.25, 0.3) is 5.91 Å². The third-order valence-corrected chi connectivity index (χ3v) is 4.07. The van der Waals surface area contributed by atoms with Crippen LogP contribution in [-0.2, 0) is 11.3 Å². The van der Waals surface area contributed by atoms with Crippen molar-refractivity contribution in [2.45, 2.75) is 26.8 Å². The monoisotopic (exact) mass is 335 g/mol. The van der Waals surface area contributed by atoms with Gasteiger partial charge in [0, 0.05) is 31.0 Å². The number of carbonyl (C=O) groups is 1. The molecule has 0 atom stereocenters. The highest BCUT2D eigenvalue weighted by molar-refractivity contribution is 6.31. The minimum Gasteiger partial charge on any atom is -0.385 e. The first-order valence-electron chi connectivity index (χ1n) is 7.59. The number of hydrogen-bond donors (Lipinski definition) is 1. The lowest BCUT2D eigenvalue weighted by Crippen LogP contribution is -2.26. The Morgan fingerprint density at radius 3 is 2.78 bits per heavy atom. The van der Waals surface area contributed by atoms with Crippen molar-refractivity contribution in [1.82, 2.24) is 15.1 Å². The molecule has 124 valence electrons. The summed E-state index contributed by atoms with van der Waals surface area (Å²) in [6.45, 7) is 5.51. The summed E-state index contributed by atoms with van der Waals surface area (Å²) in [6, 6.07) is 7.65. The van der Waals surface area contributed by atoms with Gasteiger partial charge in [0.05, 0.1) is 17.8 Å². The fourth-order valence-electron chi connectivity index (χ4n) is 2.47. The molecule has 0 aliphatic carbocycles. The Balaban J connectivity index is 2.13. The molecule has 0 radical (unpaired) electrons.